The minimum absolute atomic E-state index is 0.0193. The molecule has 19 heteroatoms. The first kappa shape index (κ1) is 41.9. The number of likely N-dealkylation sites (tertiary alicyclic amines) is 1. The van der Waals surface area contributed by atoms with Gasteiger partial charge >= 0.3 is 19.4 Å². The summed E-state index contributed by atoms with van der Waals surface area (Å²) >= 11 is 0. The smallest absolute Gasteiger partial charge is 0.459 e. The summed E-state index contributed by atoms with van der Waals surface area (Å²) in [4.78, 5) is 72.1. The largest absolute Gasteiger partial charge is 0.467 e. The topological polar surface area (TPSA) is 236 Å². The Morgan fingerprint density at radius 2 is 1.82 bits per heavy atom. The highest BCUT2D eigenvalue weighted by Gasteiger charge is 2.44. The Balaban J connectivity index is 1.43. The van der Waals surface area contributed by atoms with Crippen molar-refractivity contribution < 1.29 is 37.5 Å². The normalized spacial score (nSPS) is 21.9. The molecule has 3 heterocycles. The molecule has 2 aromatic carbocycles. The van der Waals surface area contributed by atoms with Gasteiger partial charge < -0.3 is 24.2 Å². The lowest BCUT2D eigenvalue weighted by atomic mass is 9.98. The van der Waals surface area contributed by atoms with Crippen molar-refractivity contribution >= 4 is 25.5 Å². The first-order valence-electron chi connectivity index (χ1n) is 18.4. The molecule has 2 fully saturated rings. The highest BCUT2D eigenvalue weighted by Crippen LogP contribution is 2.46. The van der Waals surface area contributed by atoms with Crippen LogP contribution in [0.4, 0.5) is 0 Å². The van der Waals surface area contributed by atoms with E-state index in [1.165, 1.54) is 29.7 Å². The average molecular weight is 795 g/mol. The lowest BCUT2D eigenvalue weighted by Gasteiger charge is -2.32. The molecule has 2 amide bonds. The summed E-state index contributed by atoms with van der Waals surface area (Å²) < 4.78 is 39.0. The van der Waals surface area contributed by atoms with Gasteiger partial charge in [0.15, 0.2) is 0 Å². The number of nitrogens with zero attached hydrogens (tertiary/aromatic N) is 5. The SMILES string of the molecule is CC[C@H](C)[C@H](NC(=O)[C@@H]1CCCN1C(=O)[C@H](Cc1ccccc1)NP(=O)(OC[C@H]1O[C@@H](n2cc(C)c(=O)[nH]c2=O)C[C@@H]1N=[N+]=[N-])Oc1ccccc1)C(=O)OC. The summed E-state index contributed by atoms with van der Waals surface area (Å²) in [6.45, 7) is 4.97. The van der Waals surface area contributed by atoms with E-state index in [-0.39, 0.29) is 36.6 Å². The summed E-state index contributed by atoms with van der Waals surface area (Å²) in [5.41, 5.74) is 9.00. The molecule has 2 aliphatic rings. The lowest BCUT2D eigenvalue weighted by molar-refractivity contribution is -0.148. The minimum Gasteiger partial charge on any atom is -0.467 e. The van der Waals surface area contributed by atoms with Gasteiger partial charge in [-0.25, -0.2) is 14.2 Å². The summed E-state index contributed by atoms with van der Waals surface area (Å²) in [6, 6.07) is 13.2. The maximum absolute atomic E-state index is 14.9. The fourth-order valence-corrected chi connectivity index (χ4v) is 8.19. The van der Waals surface area contributed by atoms with Crippen molar-refractivity contribution in [2.24, 2.45) is 11.0 Å². The van der Waals surface area contributed by atoms with Gasteiger partial charge in [-0.1, -0.05) is 73.9 Å². The number of H-pyrrole nitrogens is 1. The number of amides is 2. The Labute approximate surface area is 323 Å². The predicted molar refractivity (Wildman–Crippen MR) is 203 cm³/mol. The van der Waals surface area contributed by atoms with Crippen LogP contribution in [0.15, 0.2) is 81.6 Å². The van der Waals surface area contributed by atoms with E-state index in [0.29, 0.717) is 24.8 Å². The van der Waals surface area contributed by atoms with Crippen LogP contribution in [0.25, 0.3) is 10.4 Å². The zero-order valence-electron chi connectivity index (χ0n) is 31.6. The molecule has 8 atom stereocenters. The lowest BCUT2D eigenvalue weighted by Crippen LogP contribution is -2.56. The van der Waals surface area contributed by atoms with E-state index in [1.54, 1.807) is 54.6 Å². The maximum atomic E-state index is 14.9. The van der Waals surface area contributed by atoms with Gasteiger partial charge in [-0.3, -0.25) is 28.5 Å². The summed E-state index contributed by atoms with van der Waals surface area (Å²) in [5.74, 6) is -1.74. The van der Waals surface area contributed by atoms with Crippen LogP contribution < -0.4 is 26.2 Å². The van der Waals surface area contributed by atoms with Crippen molar-refractivity contribution in [2.75, 3.05) is 20.3 Å². The Bertz CT molecular complexity index is 2060. The van der Waals surface area contributed by atoms with E-state index in [0.717, 1.165) is 0 Å². The van der Waals surface area contributed by atoms with Crippen LogP contribution in [-0.2, 0) is 39.4 Å². The zero-order chi connectivity index (χ0) is 40.4. The minimum atomic E-state index is -4.53. The average Bonchev–Trinajstić information content (AvgIpc) is 3.85. The second kappa shape index (κ2) is 19.1. The molecule has 0 spiro atoms. The van der Waals surface area contributed by atoms with Gasteiger partial charge in [0.25, 0.3) is 5.56 Å². The third-order valence-corrected chi connectivity index (χ3v) is 11.5. The molecule has 0 bridgehead atoms. The van der Waals surface area contributed by atoms with Gasteiger partial charge in [0.1, 0.15) is 30.1 Å². The zero-order valence-corrected chi connectivity index (χ0v) is 32.5. The Kier molecular flexibility index (Phi) is 14.3. The molecule has 0 radical (unpaired) electrons. The summed E-state index contributed by atoms with van der Waals surface area (Å²) in [7, 11) is -3.29. The number of carbonyl (C=O) groups excluding carboxylic acids is 3. The number of methoxy groups -OCH3 is 1. The second-order valence-corrected chi connectivity index (χ2v) is 15.5. The number of aromatic amines is 1. The van der Waals surface area contributed by atoms with Crippen LogP contribution in [0, 0.1) is 12.8 Å². The number of aromatic nitrogens is 2. The van der Waals surface area contributed by atoms with Crippen LogP contribution in [0.5, 0.6) is 5.75 Å². The molecule has 2 aliphatic heterocycles. The molecule has 0 saturated carbocycles. The highest BCUT2D eigenvalue weighted by molar-refractivity contribution is 7.52. The molecule has 1 aromatic heterocycles. The first-order valence-corrected chi connectivity index (χ1v) is 19.9. The van der Waals surface area contributed by atoms with Gasteiger partial charge in [0.2, 0.25) is 11.8 Å². The van der Waals surface area contributed by atoms with Gasteiger partial charge in [-0.15, -0.1) is 0 Å². The molecule has 18 nitrogen and oxygen atoms in total. The van der Waals surface area contributed by atoms with Crippen molar-refractivity contribution in [1.29, 1.82) is 0 Å². The summed E-state index contributed by atoms with van der Waals surface area (Å²) in [5, 5.41) is 9.46. The van der Waals surface area contributed by atoms with Gasteiger partial charge in [-0.05, 0) is 55.3 Å². The molecule has 3 N–H and O–H groups in total. The molecule has 3 aromatic rings. The maximum Gasteiger partial charge on any atom is 0.459 e. The first-order chi connectivity index (χ1) is 26.9. The number of azide groups is 1. The fraction of sp³-hybridized carbons (Fsp3) is 0.486. The Morgan fingerprint density at radius 3 is 2.48 bits per heavy atom. The third-order valence-electron chi connectivity index (χ3n) is 9.94. The van der Waals surface area contributed by atoms with E-state index in [4.69, 9.17) is 18.5 Å². The molecule has 2 saturated heterocycles. The van der Waals surface area contributed by atoms with Crippen LogP contribution in [0.1, 0.15) is 56.9 Å². The van der Waals surface area contributed by atoms with Crippen molar-refractivity contribution in [2.45, 2.75) is 89.4 Å². The van der Waals surface area contributed by atoms with Crippen molar-refractivity contribution in [3.63, 3.8) is 0 Å². The van der Waals surface area contributed by atoms with E-state index < -0.39 is 79.9 Å². The molecule has 1 unspecified atom stereocenters. The quantitative estimate of drug-likeness (QED) is 0.0582. The van der Waals surface area contributed by atoms with Crippen LogP contribution in [0.2, 0.25) is 0 Å². The van der Waals surface area contributed by atoms with Gasteiger partial charge in [0, 0.05) is 29.6 Å². The molecule has 0 aliphatic carbocycles. The van der Waals surface area contributed by atoms with Crippen molar-refractivity contribution in [1.82, 2.24) is 24.9 Å². The number of rotatable bonds is 17. The third kappa shape index (κ3) is 10.3. The highest BCUT2D eigenvalue weighted by atomic mass is 31.2. The van der Waals surface area contributed by atoms with Gasteiger partial charge in [0.05, 0.1) is 25.9 Å². The molecule has 5 rings (SSSR count). The monoisotopic (exact) mass is 794 g/mol. The predicted octanol–water partition coefficient (Wildman–Crippen LogP) is 3.91. The number of nitrogens with one attached hydrogen (secondary N) is 3. The van der Waals surface area contributed by atoms with Crippen molar-refractivity contribution in [3.8, 4) is 5.75 Å². The van der Waals surface area contributed by atoms with Crippen LogP contribution in [-0.4, -0.2) is 82.8 Å². The Morgan fingerprint density at radius 1 is 1.12 bits per heavy atom. The Hall–Kier alpha value is -5.25. The molecular weight excluding hydrogens is 747 g/mol. The molecular formula is C37H47N8O10P. The number of carbonyl (C=O) groups is 3. The second-order valence-electron chi connectivity index (χ2n) is 13.8. The van der Waals surface area contributed by atoms with Crippen molar-refractivity contribution in [3.05, 3.63) is 109 Å². The van der Waals surface area contributed by atoms with E-state index in [9.17, 15) is 34.1 Å². The number of hydrogen-bond donors (Lipinski definition) is 3. The fourth-order valence-electron chi connectivity index (χ4n) is 6.68. The standard InChI is InChI=1S/C37H47N8O10P/c1-5-23(2)32(36(49)52-4)39-34(47)29-17-12-18-44(29)35(48)28(19-25-13-8-6-9-14-25)42-56(51,55-26-15-10-7-11-16-26)53-22-30-27(41-43-38)20-31(54-30)45-21-24(3)33(46)40-37(45)50/h6-11,13-16,21,23,27-32H,5,12,17-20,22H2,1-4H3,(H,39,47)(H,42,51)(H,40,46,50)/t23-,27-,28-,29-,30+,31+,32-,56?/m0/s1. The number of para-hydroxylation sites is 1. The van der Waals surface area contributed by atoms with Crippen LogP contribution >= 0.6 is 7.75 Å². The van der Waals surface area contributed by atoms with Crippen LogP contribution in [0.3, 0.4) is 0 Å². The molecule has 56 heavy (non-hydrogen) atoms. The molecule has 300 valence electrons. The summed E-state index contributed by atoms with van der Waals surface area (Å²) in [6.07, 6.45) is 0.808. The number of hydrogen-bond acceptors (Lipinski definition) is 11. The number of esters is 1. The number of benzene rings is 2. The number of ether oxygens (including phenoxy) is 2. The van der Waals surface area contributed by atoms with E-state index >= 15 is 0 Å². The van der Waals surface area contributed by atoms with E-state index in [1.807, 2.05) is 19.9 Å². The van der Waals surface area contributed by atoms with Gasteiger partial charge in [-0.2, -0.15) is 5.09 Å². The van der Waals surface area contributed by atoms with E-state index in [2.05, 4.69) is 25.4 Å². The number of aryl methyl sites for hydroxylation is 1.